The van der Waals surface area contributed by atoms with Gasteiger partial charge in [-0.15, -0.1) is 0 Å². The van der Waals surface area contributed by atoms with Gasteiger partial charge in [-0.3, -0.25) is 4.90 Å². The van der Waals surface area contributed by atoms with E-state index in [4.69, 9.17) is 10.9 Å². The minimum Gasteiger partial charge on any atom is -0.409 e. The summed E-state index contributed by atoms with van der Waals surface area (Å²) in [7, 11) is 0. The first-order chi connectivity index (χ1) is 9.85. The van der Waals surface area contributed by atoms with Crippen LogP contribution in [0.15, 0.2) is 17.3 Å². The smallest absolute Gasteiger partial charge is 0.145 e. The van der Waals surface area contributed by atoms with Crippen LogP contribution in [0.4, 0.5) is 0 Å². The zero-order chi connectivity index (χ0) is 15.6. The largest absolute Gasteiger partial charge is 0.409 e. The van der Waals surface area contributed by atoms with Crippen molar-refractivity contribution in [3.05, 3.63) is 34.4 Å². The summed E-state index contributed by atoms with van der Waals surface area (Å²) < 4.78 is 0. The number of aryl methyl sites for hydroxylation is 3. The highest BCUT2D eigenvalue weighted by Gasteiger charge is 2.34. The first-order valence-electron chi connectivity index (χ1n) is 7.63. The van der Waals surface area contributed by atoms with Gasteiger partial charge in [0.05, 0.1) is 0 Å². The van der Waals surface area contributed by atoms with E-state index in [0.29, 0.717) is 5.84 Å². The molecule has 0 unspecified atom stereocenters. The minimum absolute atomic E-state index is 0.164. The average molecular weight is 289 g/mol. The van der Waals surface area contributed by atoms with Gasteiger partial charge in [0.15, 0.2) is 0 Å². The lowest BCUT2D eigenvalue weighted by atomic mass is 9.79. The third kappa shape index (κ3) is 3.38. The number of nitrogens with zero attached hydrogens (tertiary/aromatic N) is 2. The molecule has 1 aliphatic heterocycles. The van der Waals surface area contributed by atoms with E-state index in [9.17, 15) is 0 Å². The van der Waals surface area contributed by atoms with Crippen LogP contribution in [0.25, 0.3) is 0 Å². The zero-order valence-corrected chi connectivity index (χ0v) is 13.6. The molecule has 1 heterocycles. The number of likely N-dealkylation sites (tertiary alicyclic amines) is 1. The first-order valence-corrected chi connectivity index (χ1v) is 7.63. The molecule has 1 aromatic rings. The van der Waals surface area contributed by atoms with E-state index in [1.807, 2.05) is 0 Å². The molecule has 116 valence electrons. The second kappa shape index (κ2) is 6.06. The fraction of sp³-hybridized carbons (Fsp3) is 0.588. The first kappa shape index (κ1) is 15.8. The molecule has 1 aromatic carbocycles. The van der Waals surface area contributed by atoms with Crippen LogP contribution in [0.3, 0.4) is 0 Å². The van der Waals surface area contributed by atoms with Gasteiger partial charge in [-0.25, -0.2) is 0 Å². The fourth-order valence-corrected chi connectivity index (χ4v) is 3.26. The molecule has 0 aliphatic carbocycles. The van der Waals surface area contributed by atoms with Crippen LogP contribution in [-0.2, 0) is 6.54 Å². The van der Waals surface area contributed by atoms with Crippen molar-refractivity contribution in [2.24, 2.45) is 16.3 Å². The van der Waals surface area contributed by atoms with E-state index in [0.717, 1.165) is 32.5 Å². The van der Waals surface area contributed by atoms with Crippen LogP contribution < -0.4 is 5.73 Å². The van der Waals surface area contributed by atoms with Crippen LogP contribution in [0.1, 0.15) is 42.0 Å². The number of amidine groups is 1. The van der Waals surface area contributed by atoms with Gasteiger partial charge in [0.25, 0.3) is 0 Å². The molecule has 0 spiro atoms. The van der Waals surface area contributed by atoms with Gasteiger partial charge in [-0.1, -0.05) is 29.8 Å². The molecule has 0 amide bonds. The molecule has 0 aromatic heterocycles. The maximum Gasteiger partial charge on any atom is 0.145 e. The topological polar surface area (TPSA) is 61.8 Å². The third-order valence-electron chi connectivity index (χ3n) is 4.91. The SMILES string of the molecule is Cc1cc(C)c(CN2CCC(C)(/C(N)=N/O)CC2)c(C)c1. The standard InChI is InChI=1S/C17H27N3O/c1-12-9-13(2)15(14(3)10-12)11-20-7-5-17(4,6-8-20)16(18)19-21/h9-10,21H,5-8,11H2,1-4H3,(H2,18,19). The summed E-state index contributed by atoms with van der Waals surface area (Å²) in [5, 5.41) is 12.1. The maximum atomic E-state index is 8.90. The Labute approximate surface area is 127 Å². The molecule has 0 radical (unpaired) electrons. The predicted octanol–water partition coefficient (Wildman–Crippen LogP) is 2.96. The Morgan fingerprint density at radius 1 is 1.24 bits per heavy atom. The minimum atomic E-state index is -0.164. The van der Waals surface area contributed by atoms with Crippen molar-refractivity contribution in [2.75, 3.05) is 13.1 Å². The fourth-order valence-electron chi connectivity index (χ4n) is 3.26. The van der Waals surface area contributed by atoms with Gasteiger partial charge in [0.2, 0.25) is 0 Å². The number of hydrogen-bond donors (Lipinski definition) is 2. The second-order valence-electron chi connectivity index (χ2n) is 6.70. The number of nitrogens with two attached hydrogens (primary N) is 1. The summed E-state index contributed by atoms with van der Waals surface area (Å²) in [6.07, 6.45) is 1.87. The lowest BCUT2D eigenvalue weighted by Gasteiger charge is -2.38. The average Bonchev–Trinajstić information content (AvgIpc) is 2.44. The molecule has 4 heteroatoms. The quantitative estimate of drug-likeness (QED) is 0.389. The Hall–Kier alpha value is -1.55. The highest BCUT2D eigenvalue weighted by atomic mass is 16.4. The Morgan fingerprint density at radius 2 is 1.76 bits per heavy atom. The van der Waals surface area contributed by atoms with Crippen molar-refractivity contribution in [3.8, 4) is 0 Å². The van der Waals surface area contributed by atoms with E-state index >= 15 is 0 Å². The summed E-state index contributed by atoms with van der Waals surface area (Å²) in [5.41, 5.74) is 11.2. The van der Waals surface area contributed by atoms with E-state index in [2.05, 4.69) is 49.9 Å². The van der Waals surface area contributed by atoms with E-state index in [-0.39, 0.29) is 5.41 Å². The Balaban J connectivity index is 2.05. The Bertz CT molecular complexity index is 520. The number of benzene rings is 1. The molecule has 4 nitrogen and oxygen atoms in total. The highest BCUT2D eigenvalue weighted by molar-refractivity contribution is 5.85. The van der Waals surface area contributed by atoms with Crippen molar-refractivity contribution in [1.29, 1.82) is 0 Å². The third-order valence-corrected chi connectivity index (χ3v) is 4.91. The normalized spacial score (nSPS) is 19.7. The van der Waals surface area contributed by atoms with Crippen molar-refractivity contribution in [3.63, 3.8) is 0 Å². The Kier molecular flexibility index (Phi) is 4.57. The molecule has 1 fully saturated rings. The molecular weight excluding hydrogens is 262 g/mol. The number of hydrogen-bond acceptors (Lipinski definition) is 3. The van der Waals surface area contributed by atoms with Crippen LogP contribution in [0, 0.1) is 26.2 Å². The number of oxime groups is 1. The van der Waals surface area contributed by atoms with Crippen LogP contribution >= 0.6 is 0 Å². The van der Waals surface area contributed by atoms with Crippen LogP contribution in [0.2, 0.25) is 0 Å². The van der Waals surface area contributed by atoms with Crippen molar-refractivity contribution >= 4 is 5.84 Å². The zero-order valence-electron chi connectivity index (χ0n) is 13.6. The van der Waals surface area contributed by atoms with E-state index < -0.39 is 0 Å². The molecule has 2 rings (SSSR count). The number of piperidine rings is 1. The van der Waals surface area contributed by atoms with E-state index in [1.54, 1.807) is 0 Å². The summed E-state index contributed by atoms with van der Waals surface area (Å²) in [6.45, 7) is 11.6. The summed E-state index contributed by atoms with van der Waals surface area (Å²) >= 11 is 0. The van der Waals surface area contributed by atoms with Gasteiger partial charge in [-0.2, -0.15) is 0 Å². The van der Waals surface area contributed by atoms with Gasteiger partial charge >= 0.3 is 0 Å². The van der Waals surface area contributed by atoms with Crippen LogP contribution in [-0.4, -0.2) is 29.0 Å². The molecule has 21 heavy (non-hydrogen) atoms. The van der Waals surface area contributed by atoms with Crippen molar-refractivity contribution in [1.82, 2.24) is 4.90 Å². The number of rotatable bonds is 3. The maximum absolute atomic E-state index is 8.90. The molecular formula is C17H27N3O. The van der Waals surface area contributed by atoms with E-state index in [1.165, 1.54) is 22.3 Å². The summed E-state index contributed by atoms with van der Waals surface area (Å²) in [4.78, 5) is 2.47. The predicted molar refractivity (Wildman–Crippen MR) is 86.7 cm³/mol. The molecule has 1 saturated heterocycles. The van der Waals surface area contributed by atoms with Gasteiger partial charge in [0.1, 0.15) is 5.84 Å². The highest BCUT2D eigenvalue weighted by Crippen LogP contribution is 2.32. The molecule has 0 bridgehead atoms. The molecule has 0 atom stereocenters. The van der Waals surface area contributed by atoms with Gasteiger partial charge in [0, 0.05) is 12.0 Å². The van der Waals surface area contributed by atoms with Gasteiger partial charge in [-0.05, 0) is 63.4 Å². The van der Waals surface area contributed by atoms with Crippen molar-refractivity contribution < 1.29 is 5.21 Å². The molecule has 1 aliphatic rings. The summed E-state index contributed by atoms with van der Waals surface area (Å²) in [5.74, 6) is 0.366. The monoisotopic (exact) mass is 289 g/mol. The Morgan fingerprint density at radius 3 is 2.24 bits per heavy atom. The lowest BCUT2D eigenvalue weighted by molar-refractivity contribution is 0.152. The van der Waals surface area contributed by atoms with Crippen molar-refractivity contribution in [2.45, 2.75) is 47.1 Å². The molecule has 0 saturated carbocycles. The van der Waals surface area contributed by atoms with Gasteiger partial charge < -0.3 is 10.9 Å². The molecule has 3 N–H and O–H groups in total. The lowest BCUT2D eigenvalue weighted by Crippen LogP contribution is -2.45. The second-order valence-corrected chi connectivity index (χ2v) is 6.70. The van der Waals surface area contributed by atoms with Crippen LogP contribution in [0.5, 0.6) is 0 Å². The summed E-state index contributed by atoms with van der Waals surface area (Å²) in [6, 6.07) is 4.51.